The summed E-state index contributed by atoms with van der Waals surface area (Å²) >= 11 is 0. The summed E-state index contributed by atoms with van der Waals surface area (Å²) in [6.45, 7) is 1.41. The maximum absolute atomic E-state index is 13.7. The summed E-state index contributed by atoms with van der Waals surface area (Å²) in [5, 5.41) is 13.7. The minimum atomic E-state index is -1.52. The molecule has 1 atom stereocenters. The zero-order valence-corrected chi connectivity index (χ0v) is 14.6. The molecule has 28 heavy (non-hydrogen) atoms. The van der Waals surface area contributed by atoms with Gasteiger partial charge in [-0.3, -0.25) is 25.1 Å². The molecule has 0 spiro atoms. The first kappa shape index (κ1) is 19.0. The van der Waals surface area contributed by atoms with Crippen molar-refractivity contribution in [2.24, 2.45) is 0 Å². The zero-order chi connectivity index (χ0) is 20.5. The SMILES string of the molecule is C[C@]1(c2ccc([N+](=O)[O-])cc2)NC(=O)N(NC(=O)Cc2ccccc2F)C1=O. The molecule has 1 aliphatic rings. The Hall–Kier alpha value is -3.82. The van der Waals surface area contributed by atoms with Crippen LogP contribution in [-0.2, 0) is 21.5 Å². The molecule has 0 aromatic heterocycles. The molecule has 0 saturated carbocycles. The van der Waals surface area contributed by atoms with E-state index in [1.165, 1.54) is 49.4 Å². The number of benzene rings is 2. The molecule has 1 heterocycles. The Labute approximate surface area is 158 Å². The number of carbonyl (C=O) groups is 3. The molecule has 4 amide bonds. The van der Waals surface area contributed by atoms with Crippen molar-refractivity contribution in [2.45, 2.75) is 18.9 Å². The fraction of sp³-hybridized carbons (Fsp3) is 0.167. The van der Waals surface area contributed by atoms with E-state index in [1.807, 2.05) is 0 Å². The highest BCUT2D eigenvalue weighted by molar-refractivity contribution is 6.08. The maximum atomic E-state index is 13.7. The summed E-state index contributed by atoms with van der Waals surface area (Å²) in [6, 6.07) is 9.90. The Morgan fingerprint density at radius 3 is 2.46 bits per heavy atom. The first-order valence-corrected chi connectivity index (χ1v) is 8.17. The van der Waals surface area contributed by atoms with Gasteiger partial charge in [0, 0.05) is 12.1 Å². The van der Waals surface area contributed by atoms with Gasteiger partial charge < -0.3 is 5.32 Å². The number of nitro benzene ring substituents is 1. The Bertz CT molecular complexity index is 978. The van der Waals surface area contributed by atoms with Gasteiger partial charge in [0.05, 0.1) is 11.3 Å². The molecular weight excluding hydrogens is 371 g/mol. The lowest BCUT2D eigenvalue weighted by Gasteiger charge is -2.22. The van der Waals surface area contributed by atoms with Gasteiger partial charge in [0.25, 0.3) is 11.6 Å². The minimum absolute atomic E-state index is 0.116. The van der Waals surface area contributed by atoms with Crippen LogP contribution < -0.4 is 10.7 Å². The number of imide groups is 1. The summed E-state index contributed by atoms with van der Waals surface area (Å²) < 4.78 is 13.7. The van der Waals surface area contributed by atoms with E-state index in [0.29, 0.717) is 10.6 Å². The van der Waals surface area contributed by atoms with Gasteiger partial charge in [0.1, 0.15) is 11.4 Å². The fourth-order valence-corrected chi connectivity index (χ4v) is 2.83. The molecule has 10 heteroatoms. The van der Waals surface area contributed by atoms with E-state index < -0.39 is 34.1 Å². The Kier molecular flexibility index (Phi) is 4.78. The quantitative estimate of drug-likeness (QED) is 0.461. The number of rotatable bonds is 5. The van der Waals surface area contributed by atoms with Crippen LogP contribution in [-0.4, -0.2) is 27.8 Å². The molecule has 9 nitrogen and oxygen atoms in total. The van der Waals surface area contributed by atoms with Crippen molar-refractivity contribution in [1.29, 1.82) is 0 Å². The van der Waals surface area contributed by atoms with E-state index in [9.17, 15) is 28.9 Å². The largest absolute Gasteiger partial charge is 0.344 e. The number of nitrogens with zero attached hydrogens (tertiary/aromatic N) is 2. The lowest BCUT2D eigenvalue weighted by Crippen LogP contribution is -2.48. The summed E-state index contributed by atoms with van der Waals surface area (Å²) in [5.74, 6) is -2.10. The molecule has 2 N–H and O–H groups in total. The van der Waals surface area contributed by atoms with Gasteiger partial charge in [-0.1, -0.05) is 18.2 Å². The predicted molar refractivity (Wildman–Crippen MR) is 94.1 cm³/mol. The normalized spacial score (nSPS) is 18.7. The number of amides is 4. The van der Waals surface area contributed by atoms with Crippen molar-refractivity contribution >= 4 is 23.5 Å². The number of carbonyl (C=O) groups excluding carboxylic acids is 3. The van der Waals surface area contributed by atoms with Crippen molar-refractivity contribution in [1.82, 2.24) is 15.8 Å². The standard InChI is InChI=1S/C18H15FN4O5/c1-18(12-6-8-13(9-7-12)23(27)28)16(25)22(17(26)20-18)21-15(24)10-11-4-2-3-5-14(11)19/h2-9H,10H2,1H3,(H,20,26)(H,21,24)/t18-/m1/s1. The van der Waals surface area contributed by atoms with Gasteiger partial charge in [0.2, 0.25) is 5.91 Å². The molecule has 144 valence electrons. The lowest BCUT2D eigenvalue weighted by molar-refractivity contribution is -0.384. The molecule has 1 fully saturated rings. The second kappa shape index (κ2) is 7.06. The Balaban J connectivity index is 1.76. The van der Waals surface area contributed by atoms with Crippen LogP contribution in [0.3, 0.4) is 0 Å². The van der Waals surface area contributed by atoms with Crippen molar-refractivity contribution in [2.75, 3.05) is 0 Å². The summed E-state index contributed by atoms with van der Waals surface area (Å²) in [6.07, 6.45) is -0.363. The molecule has 0 bridgehead atoms. The first-order valence-electron chi connectivity index (χ1n) is 8.17. The van der Waals surface area contributed by atoms with E-state index in [2.05, 4.69) is 10.7 Å². The smallest absolute Gasteiger partial charge is 0.318 e. The zero-order valence-electron chi connectivity index (χ0n) is 14.6. The number of halogens is 1. The van der Waals surface area contributed by atoms with Crippen molar-refractivity contribution in [3.8, 4) is 0 Å². The van der Waals surface area contributed by atoms with Crippen LogP contribution >= 0.6 is 0 Å². The second-order valence-electron chi connectivity index (χ2n) is 6.30. The van der Waals surface area contributed by atoms with Gasteiger partial charge in [-0.2, -0.15) is 5.01 Å². The average Bonchev–Trinajstić information content (AvgIpc) is 2.88. The minimum Gasteiger partial charge on any atom is -0.318 e. The van der Waals surface area contributed by atoms with Crippen LogP contribution in [0.1, 0.15) is 18.1 Å². The van der Waals surface area contributed by atoms with Crippen molar-refractivity contribution in [3.05, 3.63) is 75.6 Å². The van der Waals surface area contributed by atoms with Gasteiger partial charge >= 0.3 is 6.03 Å². The Morgan fingerprint density at radius 1 is 1.21 bits per heavy atom. The van der Waals surface area contributed by atoms with Crippen LogP contribution in [0.25, 0.3) is 0 Å². The fourth-order valence-electron chi connectivity index (χ4n) is 2.83. The topological polar surface area (TPSA) is 122 Å². The number of nitrogens with one attached hydrogen (secondary N) is 2. The van der Waals surface area contributed by atoms with Crippen LogP contribution in [0.4, 0.5) is 14.9 Å². The number of non-ortho nitro benzene ring substituents is 1. The van der Waals surface area contributed by atoms with E-state index in [4.69, 9.17) is 0 Å². The van der Waals surface area contributed by atoms with Gasteiger partial charge in [-0.25, -0.2) is 9.18 Å². The van der Waals surface area contributed by atoms with E-state index in [-0.39, 0.29) is 17.7 Å². The molecule has 0 radical (unpaired) electrons. The summed E-state index contributed by atoms with van der Waals surface area (Å²) in [5.41, 5.74) is 0.906. The maximum Gasteiger partial charge on any atom is 0.344 e. The number of hydrogen-bond acceptors (Lipinski definition) is 5. The molecule has 0 unspecified atom stereocenters. The van der Waals surface area contributed by atoms with E-state index in [1.54, 1.807) is 6.07 Å². The molecule has 1 aliphatic heterocycles. The third-order valence-electron chi connectivity index (χ3n) is 4.39. The molecule has 0 aliphatic carbocycles. The van der Waals surface area contributed by atoms with Crippen LogP contribution in [0.5, 0.6) is 0 Å². The van der Waals surface area contributed by atoms with Crippen molar-refractivity contribution < 1.29 is 23.7 Å². The van der Waals surface area contributed by atoms with Gasteiger partial charge in [-0.15, -0.1) is 0 Å². The summed E-state index contributed by atoms with van der Waals surface area (Å²) in [7, 11) is 0. The number of hydrogen-bond donors (Lipinski definition) is 2. The molecule has 2 aromatic carbocycles. The molecule has 3 rings (SSSR count). The summed E-state index contributed by atoms with van der Waals surface area (Å²) in [4.78, 5) is 47.3. The number of nitro groups is 1. The second-order valence-corrected chi connectivity index (χ2v) is 6.30. The predicted octanol–water partition coefficient (Wildman–Crippen LogP) is 1.77. The molecule has 2 aromatic rings. The third kappa shape index (κ3) is 3.39. The van der Waals surface area contributed by atoms with Crippen LogP contribution in [0.15, 0.2) is 48.5 Å². The van der Waals surface area contributed by atoms with Crippen LogP contribution in [0, 0.1) is 15.9 Å². The highest BCUT2D eigenvalue weighted by atomic mass is 19.1. The Morgan fingerprint density at radius 2 is 1.86 bits per heavy atom. The van der Waals surface area contributed by atoms with Gasteiger partial charge in [0.15, 0.2) is 0 Å². The van der Waals surface area contributed by atoms with Crippen molar-refractivity contribution in [3.63, 3.8) is 0 Å². The van der Waals surface area contributed by atoms with E-state index in [0.717, 1.165) is 0 Å². The first-order chi connectivity index (χ1) is 13.2. The molecular formula is C18H15FN4O5. The average molecular weight is 386 g/mol. The number of urea groups is 1. The van der Waals surface area contributed by atoms with Crippen LogP contribution in [0.2, 0.25) is 0 Å². The number of hydrazine groups is 1. The van der Waals surface area contributed by atoms with E-state index >= 15 is 0 Å². The lowest BCUT2D eigenvalue weighted by atomic mass is 9.92. The molecule has 1 saturated heterocycles. The monoisotopic (exact) mass is 386 g/mol. The highest BCUT2D eigenvalue weighted by Crippen LogP contribution is 2.29. The van der Waals surface area contributed by atoms with Gasteiger partial charge in [-0.05, 0) is 36.2 Å². The third-order valence-corrected chi connectivity index (χ3v) is 4.39. The highest BCUT2D eigenvalue weighted by Gasteiger charge is 2.50.